The van der Waals surface area contributed by atoms with Crippen LogP contribution in [0.2, 0.25) is 0 Å². The summed E-state index contributed by atoms with van der Waals surface area (Å²) in [5.74, 6) is 0.0555. The number of ether oxygens (including phenoxy) is 3. The molecule has 0 spiro atoms. The second kappa shape index (κ2) is 8.03. The van der Waals surface area contributed by atoms with E-state index in [-0.39, 0.29) is 11.5 Å². The fourth-order valence-corrected chi connectivity index (χ4v) is 7.48. The zero-order chi connectivity index (χ0) is 24.5. The number of hydrogen-bond donors (Lipinski definition) is 4. The van der Waals surface area contributed by atoms with Gasteiger partial charge in [-0.3, -0.25) is 4.98 Å². The van der Waals surface area contributed by atoms with Gasteiger partial charge in [-0.05, 0) is 49.7 Å². The number of fused-ring (bicyclic) bond motifs is 3. The van der Waals surface area contributed by atoms with Gasteiger partial charge in [0.15, 0.2) is 0 Å². The highest BCUT2D eigenvalue weighted by molar-refractivity contribution is 5.64. The largest absolute Gasteiger partial charge is 0.484 e. The molecule has 0 aromatic carbocycles. The number of aliphatic hydroxyl groups excluding tert-OH is 4. The molecule has 34 heavy (non-hydrogen) atoms. The van der Waals surface area contributed by atoms with Gasteiger partial charge >= 0.3 is 0 Å². The van der Waals surface area contributed by atoms with Crippen LogP contribution in [0.25, 0.3) is 5.76 Å². The van der Waals surface area contributed by atoms with Gasteiger partial charge in [0.05, 0.1) is 30.5 Å². The molecule has 0 saturated heterocycles. The molecule has 2 saturated carbocycles. The third kappa shape index (κ3) is 3.19. The minimum absolute atomic E-state index is 0.125. The molecule has 2 aliphatic heterocycles. The van der Waals surface area contributed by atoms with Crippen molar-refractivity contribution in [2.45, 2.75) is 70.2 Å². The quantitative estimate of drug-likeness (QED) is 0.526. The van der Waals surface area contributed by atoms with Gasteiger partial charge in [0.25, 0.3) is 0 Å². The lowest BCUT2D eigenvalue weighted by atomic mass is 9.42. The minimum atomic E-state index is -1.39. The van der Waals surface area contributed by atoms with E-state index >= 15 is 0 Å². The van der Waals surface area contributed by atoms with Crippen molar-refractivity contribution >= 4 is 5.76 Å². The Labute approximate surface area is 199 Å². The van der Waals surface area contributed by atoms with E-state index in [0.717, 1.165) is 0 Å². The summed E-state index contributed by atoms with van der Waals surface area (Å²) >= 11 is 0. The van der Waals surface area contributed by atoms with Crippen LogP contribution >= 0.6 is 0 Å². The molecule has 0 amide bonds. The molecule has 3 heterocycles. The van der Waals surface area contributed by atoms with Crippen molar-refractivity contribution in [1.29, 1.82) is 0 Å². The summed E-state index contributed by atoms with van der Waals surface area (Å²) in [5.41, 5.74) is -1.22. The Balaban J connectivity index is 1.60. The van der Waals surface area contributed by atoms with Gasteiger partial charge in [-0.25, -0.2) is 0 Å². The molecule has 2 aliphatic carbocycles. The second-order valence-corrected chi connectivity index (χ2v) is 11.1. The van der Waals surface area contributed by atoms with Crippen LogP contribution in [0.4, 0.5) is 0 Å². The van der Waals surface area contributed by atoms with Gasteiger partial charge in [0.2, 0.25) is 6.29 Å². The predicted molar refractivity (Wildman–Crippen MR) is 123 cm³/mol. The molecule has 9 atom stereocenters. The van der Waals surface area contributed by atoms with Gasteiger partial charge in [-0.2, -0.15) is 0 Å². The number of nitrogens with zero attached hydrogens (tertiary/aromatic N) is 1. The van der Waals surface area contributed by atoms with E-state index < -0.39 is 47.0 Å². The fourth-order valence-electron chi connectivity index (χ4n) is 7.48. The summed E-state index contributed by atoms with van der Waals surface area (Å²) in [5, 5.41) is 45.1. The van der Waals surface area contributed by atoms with Gasteiger partial charge in [0, 0.05) is 42.5 Å². The van der Waals surface area contributed by atoms with Crippen LogP contribution in [-0.4, -0.2) is 69.3 Å². The van der Waals surface area contributed by atoms with Crippen LogP contribution in [0.1, 0.15) is 45.6 Å². The van der Waals surface area contributed by atoms with Gasteiger partial charge in [-0.1, -0.05) is 13.8 Å². The van der Waals surface area contributed by atoms with E-state index in [2.05, 4.69) is 11.9 Å². The lowest BCUT2D eigenvalue weighted by Crippen LogP contribution is -2.71. The molecule has 4 aliphatic rings. The van der Waals surface area contributed by atoms with Crippen LogP contribution < -0.4 is 0 Å². The molecular weight excluding hydrogens is 438 g/mol. The number of allylic oxidation sites excluding steroid dienone is 1. The fraction of sp³-hybridized carbons (Fsp3) is 0.654. The molecule has 0 radical (unpaired) electrons. The van der Waals surface area contributed by atoms with E-state index in [4.69, 9.17) is 14.2 Å². The monoisotopic (exact) mass is 473 g/mol. The SMILES string of the molecule is COC[C@@]1(C)C2C[C@H](O)[C@@]3(C)OC4=C(C(O)OC(c5cccnc5)=C4)[C@H](O)C3[C@@]2(C)CC[C@@H]1O. The second-order valence-electron chi connectivity index (χ2n) is 11.1. The Morgan fingerprint density at radius 3 is 2.59 bits per heavy atom. The van der Waals surface area contributed by atoms with Crippen LogP contribution in [0.5, 0.6) is 0 Å². The van der Waals surface area contributed by atoms with E-state index in [0.29, 0.717) is 43.0 Å². The molecular formula is C26H35NO7. The van der Waals surface area contributed by atoms with Crippen LogP contribution in [-0.2, 0) is 14.2 Å². The lowest BCUT2D eigenvalue weighted by Gasteiger charge is -2.66. The molecule has 8 nitrogen and oxygen atoms in total. The third-order valence-corrected chi connectivity index (χ3v) is 9.18. The molecule has 1 aromatic heterocycles. The summed E-state index contributed by atoms with van der Waals surface area (Å²) in [4.78, 5) is 4.10. The zero-order valence-electron chi connectivity index (χ0n) is 20.1. The number of rotatable bonds is 3. The van der Waals surface area contributed by atoms with Crippen LogP contribution in [0.3, 0.4) is 0 Å². The van der Waals surface area contributed by atoms with Gasteiger partial charge in [0.1, 0.15) is 17.1 Å². The predicted octanol–water partition coefficient (Wildman–Crippen LogP) is 1.99. The van der Waals surface area contributed by atoms with Crippen molar-refractivity contribution in [1.82, 2.24) is 4.98 Å². The average molecular weight is 474 g/mol. The maximum Gasteiger partial charge on any atom is 0.226 e. The normalized spacial score (nSPS) is 45.8. The molecule has 5 rings (SSSR count). The average Bonchev–Trinajstić information content (AvgIpc) is 2.79. The molecule has 3 unspecified atom stereocenters. The van der Waals surface area contributed by atoms with E-state index in [1.807, 2.05) is 19.9 Å². The third-order valence-electron chi connectivity index (χ3n) is 9.18. The van der Waals surface area contributed by atoms with Crippen molar-refractivity contribution in [3.63, 3.8) is 0 Å². The number of methoxy groups -OCH3 is 1. The van der Waals surface area contributed by atoms with Gasteiger partial charge in [-0.15, -0.1) is 0 Å². The van der Waals surface area contributed by atoms with E-state index in [1.54, 1.807) is 31.6 Å². The Morgan fingerprint density at radius 2 is 1.91 bits per heavy atom. The Morgan fingerprint density at radius 1 is 1.15 bits per heavy atom. The molecule has 2 fully saturated rings. The first-order valence-electron chi connectivity index (χ1n) is 12.0. The summed E-state index contributed by atoms with van der Waals surface area (Å²) in [6, 6.07) is 3.58. The number of aliphatic hydroxyl groups is 4. The number of aromatic nitrogens is 1. The van der Waals surface area contributed by atoms with Crippen molar-refractivity contribution in [3.8, 4) is 0 Å². The highest BCUT2D eigenvalue weighted by atomic mass is 16.6. The summed E-state index contributed by atoms with van der Waals surface area (Å²) in [6.45, 7) is 6.30. The highest BCUT2D eigenvalue weighted by Gasteiger charge is 2.69. The zero-order valence-corrected chi connectivity index (χ0v) is 20.1. The van der Waals surface area contributed by atoms with Crippen molar-refractivity contribution in [2.24, 2.45) is 22.7 Å². The first-order chi connectivity index (χ1) is 16.1. The minimum Gasteiger partial charge on any atom is -0.484 e. The van der Waals surface area contributed by atoms with E-state index in [1.165, 1.54) is 0 Å². The molecule has 8 heteroatoms. The highest BCUT2D eigenvalue weighted by Crippen LogP contribution is 2.65. The topological polar surface area (TPSA) is 122 Å². The molecule has 4 N–H and O–H groups in total. The molecule has 0 bridgehead atoms. The number of hydrogen-bond acceptors (Lipinski definition) is 8. The van der Waals surface area contributed by atoms with E-state index in [9.17, 15) is 20.4 Å². The standard InChI is InChI=1S/C26H35NO7/c1-24-8-7-18(28)25(2,13-32-4)17(24)11-19(29)26(3)22(24)21(30)20-16(34-26)10-15(33-23(20)31)14-6-5-9-27-12-14/h5-6,9-10,12,17-19,21-23,28-31H,7-8,11,13H2,1-4H3/t17?,18-,19-,21-,22?,23?,24-,25-,26+/m0/s1. The Bertz CT molecular complexity index is 1010. The smallest absolute Gasteiger partial charge is 0.226 e. The molecule has 186 valence electrons. The first-order valence-corrected chi connectivity index (χ1v) is 12.0. The van der Waals surface area contributed by atoms with Crippen molar-refractivity contribution < 1.29 is 34.6 Å². The summed E-state index contributed by atoms with van der Waals surface area (Å²) in [6.07, 6.45) is 2.59. The Kier molecular flexibility index (Phi) is 5.61. The Hall–Kier alpha value is -1.97. The van der Waals surface area contributed by atoms with Crippen LogP contribution in [0, 0.1) is 22.7 Å². The maximum atomic E-state index is 11.8. The van der Waals surface area contributed by atoms with Crippen molar-refractivity contribution in [2.75, 3.05) is 13.7 Å². The van der Waals surface area contributed by atoms with Crippen molar-refractivity contribution in [3.05, 3.63) is 47.5 Å². The number of pyridine rings is 1. The van der Waals surface area contributed by atoms with Gasteiger partial charge < -0.3 is 34.6 Å². The summed E-state index contributed by atoms with van der Waals surface area (Å²) < 4.78 is 17.8. The summed E-state index contributed by atoms with van der Waals surface area (Å²) in [7, 11) is 1.62. The molecule has 1 aromatic rings. The van der Waals surface area contributed by atoms with Crippen LogP contribution in [0.15, 0.2) is 41.9 Å². The maximum absolute atomic E-state index is 11.8. The lowest BCUT2D eigenvalue weighted by molar-refractivity contribution is -0.275. The first kappa shape index (κ1) is 23.8.